The number of alkyl halides is 1. The minimum Gasteiger partial charge on any atom is -0.510 e. The van der Waals surface area contributed by atoms with Gasteiger partial charge in [-0.15, -0.1) is 11.6 Å². The van der Waals surface area contributed by atoms with Crippen LogP contribution in [0.4, 0.5) is 0 Å². The van der Waals surface area contributed by atoms with Crippen molar-refractivity contribution in [2.45, 2.75) is 25.6 Å². The molecule has 0 aromatic rings. The van der Waals surface area contributed by atoms with Crippen molar-refractivity contribution in [1.29, 1.82) is 0 Å². The molecule has 0 amide bonds. The first kappa shape index (κ1) is 9.66. The molecule has 0 saturated carbocycles. The fourth-order valence-corrected chi connectivity index (χ4v) is 1.43. The predicted octanol–water partition coefficient (Wildman–Crippen LogP) is 3.27. The molecule has 1 N–H and O–H groups in total. The molecule has 0 aromatic carbocycles. The first-order chi connectivity index (χ1) is 5.47. The van der Waals surface area contributed by atoms with Gasteiger partial charge in [-0.1, -0.05) is 32.9 Å². The fourth-order valence-electron chi connectivity index (χ4n) is 1.30. The summed E-state index contributed by atoms with van der Waals surface area (Å²) in [6, 6.07) is 0. The molecule has 0 fully saturated rings. The van der Waals surface area contributed by atoms with Crippen molar-refractivity contribution >= 4 is 11.6 Å². The predicted molar refractivity (Wildman–Crippen MR) is 52.4 cm³/mol. The lowest BCUT2D eigenvalue weighted by molar-refractivity contribution is 0.325. The molecule has 68 valence electrons. The van der Waals surface area contributed by atoms with Gasteiger partial charge >= 0.3 is 0 Å². The number of hydrogen-bond donors (Lipinski definition) is 1. The molecule has 1 rings (SSSR count). The van der Waals surface area contributed by atoms with Gasteiger partial charge < -0.3 is 5.11 Å². The van der Waals surface area contributed by atoms with Crippen LogP contribution in [0.2, 0.25) is 0 Å². The molecule has 0 bridgehead atoms. The van der Waals surface area contributed by atoms with Gasteiger partial charge in [0.2, 0.25) is 0 Å². The van der Waals surface area contributed by atoms with E-state index in [0.717, 1.165) is 0 Å². The van der Waals surface area contributed by atoms with Crippen molar-refractivity contribution in [3.63, 3.8) is 0 Å². The van der Waals surface area contributed by atoms with Crippen LogP contribution < -0.4 is 0 Å². The second-order valence-corrected chi connectivity index (χ2v) is 4.32. The van der Waals surface area contributed by atoms with Gasteiger partial charge in [-0.25, -0.2) is 0 Å². The number of hydrogen-bond acceptors (Lipinski definition) is 1. The Bertz CT molecular complexity index is 230. The number of halogens is 1. The molecule has 1 aliphatic carbocycles. The van der Waals surface area contributed by atoms with Gasteiger partial charge in [0.15, 0.2) is 0 Å². The first-order valence-corrected chi connectivity index (χ1v) is 4.64. The number of allylic oxidation sites excluding steroid dienone is 3. The Morgan fingerprint density at radius 1 is 1.58 bits per heavy atom. The van der Waals surface area contributed by atoms with E-state index >= 15 is 0 Å². The summed E-state index contributed by atoms with van der Waals surface area (Å²) >= 11 is 6.22. The molecule has 12 heavy (non-hydrogen) atoms. The minimum absolute atomic E-state index is 0.208. The standard InChI is InChI=1S/C10H15ClO/c1-7(2)10(11)5-4-8(3)6-9(10)12/h4-8,12H,1-3H3. The zero-order valence-corrected chi connectivity index (χ0v) is 8.47. The SMILES string of the molecule is CC1C=CC(Cl)(C(C)C)C(O)=C1. The Balaban J connectivity index is 2.94. The molecule has 0 aliphatic heterocycles. The van der Waals surface area contributed by atoms with E-state index in [9.17, 15) is 5.11 Å². The Labute approximate surface area is 78.7 Å². The summed E-state index contributed by atoms with van der Waals surface area (Å²) in [5, 5.41) is 9.65. The highest BCUT2D eigenvalue weighted by molar-refractivity contribution is 6.27. The molecule has 0 saturated heterocycles. The highest BCUT2D eigenvalue weighted by Gasteiger charge is 2.35. The summed E-state index contributed by atoms with van der Waals surface area (Å²) < 4.78 is 0. The monoisotopic (exact) mass is 186 g/mol. The molecule has 2 unspecified atom stereocenters. The van der Waals surface area contributed by atoms with Crippen molar-refractivity contribution in [3.8, 4) is 0 Å². The van der Waals surface area contributed by atoms with E-state index in [-0.39, 0.29) is 17.6 Å². The highest BCUT2D eigenvalue weighted by Crippen LogP contribution is 2.37. The third-order valence-corrected chi connectivity index (χ3v) is 3.05. The van der Waals surface area contributed by atoms with Crippen LogP contribution in [0.15, 0.2) is 24.0 Å². The minimum atomic E-state index is -0.674. The zero-order chi connectivity index (χ0) is 9.35. The molecule has 2 heteroatoms. The first-order valence-electron chi connectivity index (χ1n) is 4.26. The summed E-state index contributed by atoms with van der Waals surface area (Å²) in [4.78, 5) is -0.674. The Morgan fingerprint density at radius 3 is 2.58 bits per heavy atom. The Hall–Kier alpha value is -0.430. The maximum absolute atomic E-state index is 9.65. The Kier molecular flexibility index (Phi) is 2.52. The lowest BCUT2D eigenvalue weighted by atomic mass is 9.86. The van der Waals surface area contributed by atoms with Gasteiger partial charge in [0.05, 0.1) is 0 Å². The van der Waals surface area contributed by atoms with Crippen molar-refractivity contribution in [3.05, 3.63) is 24.0 Å². The van der Waals surface area contributed by atoms with Gasteiger partial charge in [0, 0.05) is 0 Å². The third-order valence-electron chi connectivity index (χ3n) is 2.30. The van der Waals surface area contributed by atoms with Crippen molar-refractivity contribution < 1.29 is 5.11 Å². The molecule has 0 radical (unpaired) electrons. The van der Waals surface area contributed by atoms with Crippen LogP contribution in [-0.2, 0) is 0 Å². The second kappa shape index (κ2) is 3.14. The van der Waals surface area contributed by atoms with E-state index in [0.29, 0.717) is 0 Å². The van der Waals surface area contributed by atoms with Crippen LogP contribution in [0, 0.1) is 11.8 Å². The summed E-state index contributed by atoms with van der Waals surface area (Å²) in [5.74, 6) is 0.781. The lowest BCUT2D eigenvalue weighted by Gasteiger charge is -2.30. The smallest absolute Gasteiger partial charge is 0.121 e. The average molecular weight is 187 g/mol. The van der Waals surface area contributed by atoms with E-state index in [4.69, 9.17) is 11.6 Å². The van der Waals surface area contributed by atoms with E-state index in [2.05, 4.69) is 0 Å². The van der Waals surface area contributed by atoms with Crippen LogP contribution in [0.1, 0.15) is 20.8 Å². The normalized spacial score (nSPS) is 35.4. The summed E-state index contributed by atoms with van der Waals surface area (Å²) in [5.41, 5.74) is 0. The van der Waals surface area contributed by atoms with Crippen molar-refractivity contribution in [2.75, 3.05) is 0 Å². The molecule has 0 heterocycles. The summed E-state index contributed by atoms with van der Waals surface area (Å²) in [7, 11) is 0. The highest BCUT2D eigenvalue weighted by atomic mass is 35.5. The van der Waals surface area contributed by atoms with Crippen molar-refractivity contribution in [2.24, 2.45) is 11.8 Å². The van der Waals surface area contributed by atoms with Gasteiger partial charge in [0.1, 0.15) is 10.6 Å². The number of aliphatic hydroxyl groups excluding tert-OH is 1. The Morgan fingerprint density at radius 2 is 2.17 bits per heavy atom. The van der Waals surface area contributed by atoms with E-state index in [1.807, 2.05) is 32.9 Å². The summed E-state index contributed by atoms with van der Waals surface area (Å²) in [6.45, 7) is 6.01. The molecule has 2 atom stereocenters. The summed E-state index contributed by atoms with van der Waals surface area (Å²) in [6.07, 6.45) is 5.71. The van der Waals surface area contributed by atoms with Gasteiger partial charge in [0.25, 0.3) is 0 Å². The maximum Gasteiger partial charge on any atom is 0.121 e. The van der Waals surface area contributed by atoms with Crippen molar-refractivity contribution in [1.82, 2.24) is 0 Å². The number of aliphatic hydroxyl groups is 1. The average Bonchev–Trinajstić information content (AvgIpc) is 1.97. The van der Waals surface area contributed by atoms with Gasteiger partial charge in [-0.05, 0) is 17.9 Å². The largest absolute Gasteiger partial charge is 0.510 e. The maximum atomic E-state index is 9.65. The van der Waals surface area contributed by atoms with Crippen LogP contribution in [0.5, 0.6) is 0 Å². The van der Waals surface area contributed by atoms with Crippen LogP contribution in [0.3, 0.4) is 0 Å². The molecule has 0 spiro atoms. The molecular formula is C10H15ClO. The molecule has 1 aliphatic rings. The molecule has 1 nitrogen and oxygen atoms in total. The van der Waals surface area contributed by atoms with E-state index in [1.165, 1.54) is 0 Å². The van der Waals surface area contributed by atoms with E-state index < -0.39 is 4.87 Å². The molecule has 0 aromatic heterocycles. The lowest BCUT2D eigenvalue weighted by Crippen LogP contribution is -2.30. The fraction of sp³-hybridized carbons (Fsp3) is 0.600. The van der Waals surface area contributed by atoms with Crippen LogP contribution in [0.25, 0.3) is 0 Å². The second-order valence-electron chi connectivity index (χ2n) is 3.69. The van der Waals surface area contributed by atoms with Gasteiger partial charge in [-0.2, -0.15) is 0 Å². The topological polar surface area (TPSA) is 20.2 Å². The third kappa shape index (κ3) is 1.51. The number of rotatable bonds is 1. The quantitative estimate of drug-likeness (QED) is 0.492. The zero-order valence-electron chi connectivity index (χ0n) is 7.71. The van der Waals surface area contributed by atoms with Crippen LogP contribution in [-0.4, -0.2) is 9.98 Å². The molecular weight excluding hydrogens is 172 g/mol. The van der Waals surface area contributed by atoms with Crippen LogP contribution >= 0.6 is 11.6 Å². The van der Waals surface area contributed by atoms with E-state index in [1.54, 1.807) is 6.08 Å². The van der Waals surface area contributed by atoms with Gasteiger partial charge in [-0.3, -0.25) is 0 Å².